The van der Waals surface area contributed by atoms with E-state index < -0.39 is 5.91 Å². The Hall–Kier alpha value is -2.08. The van der Waals surface area contributed by atoms with Crippen molar-refractivity contribution in [1.82, 2.24) is 5.32 Å². The molecule has 0 saturated carbocycles. The largest absolute Gasteiger partial charge is 0.370 e. The molecule has 1 aromatic carbocycles. The monoisotopic (exact) mass is 250 g/mol. The first-order valence-corrected chi connectivity index (χ1v) is 5.60. The van der Waals surface area contributed by atoms with Crippen LogP contribution in [0.5, 0.6) is 0 Å². The number of primary amides is 1. The second kappa shape index (κ2) is 6.02. The maximum Gasteiger partial charge on any atom is 0.253 e. The summed E-state index contributed by atoms with van der Waals surface area (Å²) in [5, 5.41) is 2.69. The molecule has 0 aliphatic carbocycles. The quantitative estimate of drug-likeness (QED) is 0.444. The van der Waals surface area contributed by atoms with Crippen LogP contribution in [0.4, 0.5) is 5.69 Å². The zero-order chi connectivity index (χ0) is 13.7. The van der Waals surface area contributed by atoms with Crippen LogP contribution in [0.1, 0.15) is 29.3 Å². The van der Waals surface area contributed by atoms with Crippen LogP contribution in [-0.2, 0) is 4.79 Å². The summed E-state index contributed by atoms with van der Waals surface area (Å²) in [7, 11) is 0. The fourth-order valence-corrected chi connectivity index (χ4v) is 1.63. The van der Waals surface area contributed by atoms with Gasteiger partial charge in [-0.25, -0.2) is 0 Å². The Bertz CT molecular complexity index is 459. The van der Waals surface area contributed by atoms with Crippen LogP contribution < -0.4 is 22.3 Å². The molecule has 6 heteroatoms. The standard InChI is InChI=1S/C12H18N4O2/c1-7-3-4-10(16-14)9(5-7)12(18)15-8(2)6-11(13)17/h3-5,8,16H,6,14H2,1-2H3,(H2,13,17)(H,15,18). The number of hydrogen-bond donors (Lipinski definition) is 4. The molecule has 0 saturated heterocycles. The normalized spacial score (nSPS) is 11.7. The van der Waals surface area contributed by atoms with Gasteiger partial charge in [0, 0.05) is 12.5 Å². The van der Waals surface area contributed by atoms with Crippen LogP contribution in [0.3, 0.4) is 0 Å². The van der Waals surface area contributed by atoms with E-state index in [0.717, 1.165) is 5.56 Å². The van der Waals surface area contributed by atoms with Crippen molar-refractivity contribution in [2.45, 2.75) is 26.3 Å². The van der Waals surface area contributed by atoms with Gasteiger partial charge < -0.3 is 16.5 Å². The third-order valence-electron chi connectivity index (χ3n) is 2.46. The lowest BCUT2D eigenvalue weighted by molar-refractivity contribution is -0.118. The van der Waals surface area contributed by atoms with E-state index in [2.05, 4.69) is 10.7 Å². The third kappa shape index (κ3) is 3.74. The number of hydrazine groups is 1. The van der Waals surface area contributed by atoms with E-state index in [1.165, 1.54) is 0 Å². The molecule has 0 radical (unpaired) electrons. The topological polar surface area (TPSA) is 110 Å². The van der Waals surface area contributed by atoms with Crippen molar-refractivity contribution >= 4 is 17.5 Å². The van der Waals surface area contributed by atoms with Gasteiger partial charge in [-0.15, -0.1) is 0 Å². The van der Waals surface area contributed by atoms with E-state index in [0.29, 0.717) is 11.3 Å². The molecule has 1 rings (SSSR count). The Kier molecular flexibility index (Phi) is 4.67. The van der Waals surface area contributed by atoms with Gasteiger partial charge in [0.2, 0.25) is 5.91 Å². The Morgan fingerprint density at radius 2 is 2.06 bits per heavy atom. The minimum absolute atomic E-state index is 0.100. The molecule has 0 bridgehead atoms. The molecule has 0 aliphatic heterocycles. The molecule has 0 heterocycles. The van der Waals surface area contributed by atoms with Gasteiger partial charge in [-0.05, 0) is 26.0 Å². The first kappa shape index (κ1) is 14.0. The van der Waals surface area contributed by atoms with Crippen LogP contribution in [0.15, 0.2) is 18.2 Å². The van der Waals surface area contributed by atoms with Crippen LogP contribution in [0.2, 0.25) is 0 Å². The van der Waals surface area contributed by atoms with Gasteiger partial charge in [0.05, 0.1) is 11.3 Å². The molecule has 0 spiro atoms. The van der Waals surface area contributed by atoms with Gasteiger partial charge in [-0.3, -0.25) is 15.4 Å². The summed E-state index contributed by atoms with van der Waals surface area (Å²) >= 11 is 0. The highest BCUT2D eigenvalue weighted by molar-refractivity contribution is 6.00. The molecule has 1 atom stereocenters. The van der Waals surface area contributed by atoms with Gasteiger partial charge in [0.25, 0.3) is 5.91 Å². The van der Waals surface area contributed by atoms with Crippen molar-refractivity contribution < 1.29 is 9.59 Å². The predicted octanol–water partition coefficient (Wildman–Crippen LogP) is 0.274. The van der Waals surface area contributed by atoms with Gasteiger partial charge in [0.1, 0.15) is 0 Å². The molecule has 98 valence electrons. The molecule has 0 fully saturated rings. The van der Waals surface area contributed by atoms with E-state index in [9.17, 15) is 9.59 Å². The number of nitrogen functional groups attached to an aromatic ring is 1. The van der Waals surface area contributed by atoms with E-state index in [-0.39, 0.29) is 18.4 Å². The molecule has 1 aromatic rings. The SMILES string of the molecule is Cc1ccc(NN)c(C(=O)NC(C)CC(N)=O)c1. The van der Waals surface area contributed by atoms with Gasteiger partial charge in [-0.2, -0.15) is 0 Å². The lowest BCUT2D eigenvalue weighted by Crippen LogP contribution is -2.36. The number of benzene rings is 1. The highest BCUT2D eigenvalue weighted by Gasteiger charge is 2.14. The first-order valence-electron chi connectivity index (χ1n) is 5.60. The Labute approximate surface area is 106 Å². The number of anilines is 1. The van der Waals surface area contributed by atoms with E-state index in [1.54, 1.807) is 19.1 Å². The Morgan fingerprint density at radius 1 is 1.39 bits per heavy atom. The minimum atomic E-state index is -0.454. The average Bonchev–Trinajstić information content (AvgIpc) is 2.27. The van der Waals surface area contributed by atoms with Crippen molar-refractivity contribution in [3.8, 4) is 0 Å². The molecule has 6 nitrogen and oxygen atoms in total. The fourth-order valence-electron chi connectivity index (χ4n) is 1.63. The minimum Gasteiger partial charge on any atom is -0.370 e. The van der Waals surface area contributed by atoms with Crippen molar-refractivity contribution in [3.05, 3.63) is 29.3 Å². The van der Waals surface area contributed by atoms with Crippen LogP contribution in [0, 0.1) is 6.92 Å². The number of hydrogen-bond acceptors (Lipinski definition) is 4. The Balaban J connectivity index is 2.83. The smallest absolute Gasteiger partial charge is 0.253 e. The molecule has 0 aromatic heterocycles. The maximum atomic E-state index is 12.0. The number of aryl methyl sites for hydroxylation is 1. The Morgan fingerprint density at radius 3 is 2.61 bits per heavy atom. The highest BCUT2D eigenvalue weighted by atomic mass is 16.2. The predicted molar refractivity (Wildman–Crippen MR) is 69.7 cm³/mol. The second-order valence-corrected chi connectivity index (χ2v) is 4.24. The van der Waals surface area contributed by atoms with Crippen molar-refractivity contribution in [3.63, 3.8) is 0 Å². The number of amides is 2. The van der Waals surface area contributed by atoms with Crippen LogP contribution in [0.25, 0.3) is 0 Å². The van der Waals surface area contributed by atoms with Gasteiger partial charge in [-0.1, -0.05) is 11.6 Å². The summed E-state index contributed by atoms with van der Waals surface area (Å²) < 4.78 is 0. The molecule has 1 unspecified atom stereocenters. The van der Waals surface area contributed by atoms with E-state index >= 15 is 0 Å². The maximum absolute atomic E-state index is 12.0. The van der Waals surface area contributed by atoms with E-state index in [4.69, 9.17) is 11.6 Å². The number of carbonyl (C=O) groups excluding carboxylic acids is 2. The lowest BCUT2D eigenvalue weighted by atomic mass is 10.1. The van der Waals surface area contributed by atoms with Gasteiger partial charge >= 0.3 is 0 Å². The summed E-state index contributed by atoms with van der Waals surface area (Å²) in [6.07, 6.45) is 0.100. The summed E-state index contributed by atoms with van der Waals surface area (Å²) in [5.74, 6) is 4.60. The first-order chi connectivity index (χ1) is 8.43. The summed E-state index contributed by atoms with van der Waals surface area (Å²) in [6.45, 7) is 3.60. The zero-order valence-corrected chi connectivity index (χ0v) is 10.5. The van der Waals surface area contributed by atoms with Crippen LogP contribution >= 0.6 is 0 Å². The summed E-state index contributed by atoms with van der Waals surface area (Å²) in [6, 6.07) is 4.98. The molecule has 2 amide bonds. The van der Waals surface area contributed by atoms with Crippen molar-refractivity contribution in [1.29, 1.82) is 0 Å². The molecular weight excluding hydrogens is 232 g/mol. The van der Waals surface area contributed by atoms with E-state index in [1.807, 2.05) is 13.0 Å². The lowest BCUT2D eigenvalue weighted by Gasteiger charge is -2.14. The third-order valence-corrected chi connectivity index (χ3v) is 2.46. The second-order valence-electron chi connectivity index (χ2n) is 4.24. The molecular formula is C12H18N4O2. The zero-order valence-electron chi connectivity index (χ0n) is 10.5. The number of carbonyl (C=O) groups is 2. The number of nitrogens with two attached hydrogens (primary N) is 2. The highest BCUT2D eigenvalue weighted by Crippen LogP contribution is 2.16. The van der Waals surface area contributed by atoms with Crippen LogP contribution in [-0.4, -0.2) is 17.9 Å². The number of rotatable bonds is 5. The molecule has 18 heavy (non-hydrogen) atoms. The summed E-state index contributed by atoms with van der Waals surface area (Å²) in [5.41, 5.74) is 9.45. The molecule has 0 aliphatic rings. The number of nitrogens with one attached hydrogen (secondary N) is 2. The van der Waals surface area contributed by atoms with Crippen molar-refractivity contribution in [2.24, 2.45) is 11.6 Å². The van der Waals surface area contributed by atoms with Gasteiger partial charge in [0.15, 0.2) is 0 Å². The molecule has 6 N–H and O–H groups in total. The summed E-state index contributed by atoms with van der Waals surface area (Å²) in [4.78, 5) is 22.8. The average molecular weight is 250 g/mol. The fraction of sp³-hybridized carbons (Fsp3) is 0.333. The van der Waals surface area contributed by atoms with Crippen molar-refractivity contribution in [2.75, 3.05) is 5.43 Å².